The summed E-state index contributed by atoms with van der Waals surface area (Å²) in [6.07, 6.45) is 0. The molecule has 2 aromatic rings. The van der Waals surface area contributed by atoms with E-state index in [4.69, 9.17) is 16.3 Å². The summed E-state index contributed by atoms with van der Waals surface area (Å²) in [7, 11) is 1.58. The number of methoxy groups -OCH3 is 1. The Kier molecular flexibility index (Phi) is 4.24. The van der Waals surface area contributed by atoms with Crippen molar-refractivity contribution in [3.8, 4) is 0 Å². The maximum Gasteiger partial charge on any atom is 0.257 e. The van der Waals surface area contributed by atoms with Gasteiger partial charge in [-0.25, -0.2) is 0 Å². The summed E-state index contributed by atoms with van der Waals surface area (Å²) in [6, 6.07) is 6.69. The lowest BCUT2D eigenvalue weighted by Gasteiger charge is -2.00. The van der Waals surface area contributed by atoms with Gasteiger partial charge >= 0.3 is 0 Å². The van der Waals surface area contributed by atoms with Gasteiger partial charge < -0.3 is 4.74 Å². The molecule has 0 fully saturated rings. The van der Waals surface area contributed by atoms with Gasteiger partial charge in [0.05, 0.1) is 0 Å². The van der Waals surface area contributed by atoms with E-state index in [1.807, 2.05) is 0 Å². The second-order valence-corrected chi connectivity index (χ2v) is 4.90. The van der Waals surface area contributed by atoms with Gasteiger partial charge in [-0.1, -0.05) is 29.0 Å². The molecule has 0 saturated carbocycles. The highest BCUT2D eigenvalue weighted by molar-refractivity contribution is 7.15. The minimum Gasteiger partial charge on any atom is -0.377 e. The average molecular weight is 284 g/mol. The van der Waals surface area contributed by atoms with Gasteiger partial charge in [-0.3, -0.25) is 10.1 Å². The van der Waals surface area contributed by atoms with Gasteiger partial charge in [-0.05, 0) is 18.2 Å². The quantitative estimate of drug-likeness (QED) is 0.937. The molecule has 0 aliphatic heterocycles. The lowest BCUT2D eigenvalue weighted by molar-refractivity contribution is 0.102. The summed E-state index contributed by atoms with van der Waals surface area (Å²) < 4.78 is 4.92. The van der Waals surface area contributed by atoms with Crippen LogP contribution in [0.5, 0.6) is 0 Å². The van der Waals surface area contributed by atoms with Crippen LogP contribution < -0.4 is 5.32 Å². The Bertz CT molecular complexity index is 559. The molecule has 0 atom stereocenters. The predicted molar refractivity (Wildman–Crippen MR) is 70.0 cm³/mol. The highest BCUT2D eigenvalue weighted by atomic mass is 35.5. The third-order valence-electron chi connectivity index (χ3n) is 2.04. The monoisotopic (exact) mass is 283 g/mol. The van der Waals surface area contributed by atoms with Gasteiger partial charge in [-0.15, -0.1) is 10.2 Å². The molecule has 1 heterocycles. The van der Waals surface area contributed by atoms with Crippen LogP contribution in [0.1, 0.15) is 15.4 Å². The van der Waals surface area contributed by atoms with E-state index < -0.39 is 0 Å². The fourth-order valence-electron chi connectivity index (χ4n) is 1.28. The first-order valence-corrected chi connectivity index (χ1v) is 6.26. The number of anilines is 1. The minimum absolute atomic E-state index is 0.266. The zero-order chi connectivity index (χ0) is 13.0. The van der Waals surface area contributed by atoms with Crippen LogP contribution in [0.15, 0.2) is 24.3 Å². The van der Waals surface area contributed by atoms with Crippen molar-refractivity contribution >= 4 is 34.0 Å². The maximum atomic E-state index is 11.9. The minimum atomic E-state index is -0.266. The van der Waals surface area contributed by atoms with Crippen molar-refractivity contribution in [1.29, 1.82) is 0 Å². The molecule has 1 N–H and O–H groups in total. The van der Waals surface area contributed by atoms with Crippen molar-refractivity contribution in [3.63, 3.8) is 0 Å². The van der Waals surface area contributed by atoms with Crippen LogP contribution in [0.3, 0.4) is 0 Å². The summed E-state index contributed by atoms with van der Waals surface area (Å²) in [6.45, 7) is 0.380. The fraction of sp³-hybridized carbons (Fsp3) is 0.182. The number of aromatic nitrogens is 2. The summed E-state index contributed by atoms with van der Waals surface area (Å²) in [5, 5.41) is 12.0. The first kappa shape index (κ1) is 12.9. The third kappa shape index (κ3) is 3.25. The molecule has 0 radical (unpaired) electrons. The molecule has 0 aliphatic rings. The number of nitrogens with one attached hydrogen (secondary N) is 1. The van der Waals surface area contributed by atoms with Gasteiger partial charge in [0, 0.05) is 17.7 Å². The van der Waals surface area contributed by atoms with Crippen molar-refractivity contribution < 1.29 is 9.53 Å². The van der Waals surface area contributed by atoms with Gasteiger partial charge in [0.1, 0.15) is 11.6 Å². The summed E-state index contributed by atoms with van der Waals surface area (Å²) >= 11 is 7.09. The molecule has 94 valence electrons. The third-order valence-corrected chi connectivity index (χ3v) is 3.09. The molecule has 5 nitrogen and oxygen atoms in total. The van der Waals surface area contributed by atoms with Gasteiger partial charge in [0.15, 0.2) is 0 Å². The molecule has 18 heavy (non-hydrogen) atoms. The largest absolute Gasteiger partial charge is 0.377 e. The SMILES string of the molecule is COCc1nnc(NC(=O)c2cccc(Cl)c2)s1. The zero-order valence-electron chi connectivity index (χ0n) is 9.51. The predicted octanol–water partition coefficient (Wildman–Crippen LogP) is 2.59. The Morgan fingerprint density at radius 2 is 2.33 bits per heavy atom. The van der Waals surface area contributed by atoms with Gasteiger partial charge in [0.2, 0.25) is 5.13 Å². The number of amides is 1. The lowest BCUT2D eigenvalue weighted by Crippen LogP contribution is -2.11. The smallest absolute Gasteiger partial charge is 0.257 e. The molecule has 0 unspecified atom stereocenters. The second-order valence-electron chi connectivity index (χ2n) is 3.40. The fourth-order valence-corrected chi connectivity index (χ4v) is 2.18. The van der Waals surface area contributed by atoms with Gasteiger partial charge in [-0.2, -0.15) is 0 Å². The Morgan fingerprint density at radius 3 is 3.06 bits per heavy atom. The zero-order valence-corrected chi connectivity index (χ0v) is 11.1. The van der Waals surface area contributed by atoms with E-state index in [0.717, 1.165) is 0 Å². The summed E-state index contributed by atoms with van der Waals surface area (Å²) in [5.74, 6) is -0.266. The highest BCUT2D eigenvalue weighted by Gasteiger charge is 2.10. The number of hydrogen-bond donors (Lipinski definition) is 1. The van der Waals surface area contributed by atoms with E-state index in [0.29, 0.717) is 27.3 Å². The number of nitrogens with zero attached hydrogens (tertiary/aromatic N) is 2. The van der Waals surface area contributed by atoms with E-state index in [1.165, 1.54) is 11.3 Å². The number of halogens is 1. The molecule has 7 heteroatoms. The van der Waals surface area contributed by atoms with Crippen LogP contribution in [0.25, 0.3) is 0 Å². The molecule has 0 spiro atoms. The number of benzene rings is 1. The Hall–Kier alpha value is -1.50. The Balaban J connectivity index is 2.06. The van der Waals surface area contributed by atoms with Crippen LogP contribution in [0.4, 0.5) is 5.13 Å². The molecule has 1 aromatic heterocycles. The van der Waals surface area contributed by atoms with Crippen LogP contribution in [0, 0.1) is 0 Å². The molecule has 0 bridgehead atoms. The van der Waals surface area contributed by atoms with Crippen LogP contribution in [-0.4, -0.2) is 23.2 Å². The number of hydrogen-bond acceptors (Lipinski definition) is 5. The van der Waals surface area contributed by atoms with Crippen LogP contribution in [-0.2, 0) is 11.3 Å². The lowest BCUT2D eigenvalue weighted by atomic mass is 10.2. The normalized spacial score (nSPS) is 10.3. The molecule has 1 amide bonds. The van der Waals surface area contributed by atoms with Crippen molar-refractivity contribution in [2.45, 2.75) is 6.61 Å². The van der Waals surface area contributed by atoms with Crippen molar-refractivity contribution in [3.05, 3.63) is 39.9 Å². The maximum absolute atomic E-state index is 11.9. The number of carbonyl (C=O) groups excluding carboxylic acids is 1. The molecular weight excluding hydrogens is 274 g/mol. The molecular formula is C11H10ClN3O2S. The van der Waals surface area contributed by atoms with Crippen molar-refractivity contribution in [1.82, 2.24) is 10.2 Å². The van der Waals surface area contributed by atoms with E-state index in [2.05, 4.69) is 15.5 Å². The van der Waals surface area contributed by atoms with E-state index in [-0.39, 0.29) is 5.91 Å². The Morgan fingerprint density at radius 1 is 1.50 bits per heavy atom. The summed E-state index contributed by atoms with van der Waals surface area (Å²) in [5.41, 5.74) is 0.478. The standard InChI is InChI=1S/C11H10ClN3O2S/c1-17-6-9-14-15-11(18-9)13-10(16)7-3-2-4-8(12)5-7/h2-5H,6H2,1H3,(H,13,15,16). The van der Waals surface area contributed by atoms with Crippen molar-refractivity contribution in [2.24, 2.45) is 0 Å². The average Bonchev–Trinajstić information content (AvgIpc) is 2.77. The number of carbonyl (C=O) groups is 1. The Labute approximate surface area is 113 Å². The molecule has 2 rings (SSSR count). The second kappa shape index (κ2) is 5.90. The van der Waals surface area contributed by atoms with Crippen LogP contribution >= 0.6 is 22.9 Å². The van der Waals surface area contributed by atoms with Gasteiger partial charge in [0.25, 0.3) is 5.91 Å². The topological polar surface area (TPSA) is 64.1 Å². The first-order valence-electron chi connectivity index (χ1n) is 5.07. The molecule has 0 saturated heterocycles. The first-order chi connectivity index (χ1) is 8.69. The van der Waals surface area contributed by atoms with E-state index >= 15 is 0 Å². The van der Waals surface area contributed by atoms with Crippen LogP contribution in [0.2, 0.25) is 5.02 Å². The van der Waals surface area contributed by atoms with Crippen molar-refractivity contribution in [2.75, 3.05) is 12.4 Å². The number of rotatable bonds is 4. The van der Waals surface area contributed by atoms with E-state index in [9.17, 15) is 4.79 Å². The molecule has 1 aromatic carbocycles. The molecule has 0 aliphatic carbocycles. The van der Waals surface area contributed by atoms with E-state index in [1.54, 1.807) is 31.4 Å². The number of ether oxygens (including phenoxy) is 1. The highest BCUT2D eigenvalue weighted by Crippen LogP contribution is 2.17. The summed E-state index contributed by atoms with van der Waals surface area (Å²) in [4.78, 5) is 11.9.